The molecule has 0 aliphatic rings. The fourth-order valence-corrected chi connectivity index (χ4v) is 4.22. The van der Waals surface area contributed by atoms with Crippen LogP contribution in [0.4, 0.5) is 0 Å². The summed E-state index contributed by atoms with van der Waals surface area (Å²) >= 11 is 3.45. The summed E-state index contributed by atoms with van der Waals surface area (Å²) in [5.74, 6) is 0. The van der Waals surface area contributed by atoms with Gasteiger partial charge in [0.05, 0.1) is 20.9 Å². The molecule has 0 saturated carbocycles. The van der Waals surface area contributed by atoms with Gasteiger partial charge < -0.3 is 5.73 Å². The molecule has 4 heteroatoms. The van der Waals surface area contributed by atoms with Crippen molar-refractivity contribution < 1.29 is 4.21 Å². The van der Waals surface area contributed by atoms with Gasteiger partial charge in [-0.2, -0.15) is 0 Å². The van der Waals surface area contributed by atoms with E-state index in [4.69, 9.17) is 5.73 Å². The molecule has 96 valence electrons. The summed E-state index contributed by atoms with van der Waals surface area (Å²) in [6, 6.07) is 7.68. The maximum Gasteiger partial charge on any atom is 0.0587 e. The number of hydrogen-bond donors (Lipinski definition) is 1. The normalized spacial score (nSPS) is 16.5. The van der Waals surface area contributed by atoms with Gasteiger partial charge in [-0.3, -0.25) is 4.21 Å². The van der Waals surface area contributed by atoms with Crippen LogP contribution in [0.3, 0.4) is 0 Å². The van der Waals surface area contributed by atoms with E-state index in [0.29, 0.717) is 0 Å². The van der Waals surface area contributed by atoms with Crippen LogP contribution in [0, 0.1) is 0 Å². The first-order chi connectivity index (χ1) is 8.11. The van der Waals surface area contributed by atoms with Crippen molar-refractivity contribution in [3.05, 3.63) is 28.7 Å². The topological polar surface area (TPSA) is 43.1 Å². The van der Waals surface area contributed by atoms with E-state index in [1.54, 1.807) is 0 Å². The Kier molecular flexibility index (Phi) is 6.38. The molecule has 0 bridgehead atoms. The maximum absolute atomic E-state index is 12.5. The van der Waals surface area contributed by atoms with E-state index in [0.717, 1.165) is 28.6 Å². The van der Waals surface area contributed by atoms with Crippen LogP contribution < -0.4 is 5.73 Å². The highest BCUT2D eigenvalue weighted by atomic mass is 79.9. The van der Waals surface area contributed by atoms with Crippen molar-refractivity contribution in [2.24, 2.45) is 5.73 Å². The molecule has 2 nitrogen and oxygen atoms in total. The standard InChI is InChI=1S/C13H20BrNOS/c1-3-7-11(15)12(4-2)17(16)13-9-6-5-8-10(13)14/h5-6,8-9,11-12H,3-4,7,15H2,1-2H3. The van der Waals surface area contributed by atoms with Gasteiger partial charge in [0, 0.05) is 10.5 Å². The first-order valence-corrected chi connectivity index (χ1v) is 8.03. The molecule has 0 radical (unpaired) electrons. The van der Waals surface area contributed by atoms with Gasteiger partial charge in [-0.1, -0.05) is 32.4 Å². The van der Waals surface area contributed by atoms with E-state index in [9.17, 15) is 4.21 Å². The van der Waals surface area contributed by atoms with Crippen LogP contribution >= 0.6 is 15.9 Å². The monoisotopic (exact) mass is 317 g/mol. The van der Waals surface area contributed by atoms with Crippen LogP contribution in [-0.2, 0) is 10.8 Å². The molecule has 3 atom stereocenters. The molecule has 0 aromatic heterocycles. The fourth-order valence-electron chi connectivity index (χ4n) is 1.90. The summed E-state index contributed by atoms with van der Waals surface area (Å²) in [6.07, 6.45) is 2.80. The molecule has 17 heavy (non-hydrogen) atoms. The van der Waals surface area contributed by atoms with Crippen molar-refractivity contribution in [1.82, 2.24) is 0 Å². The molecule has 0 fully saturated rings. The van der Waals surface area contributed by atoms with Crippen molar-refractivity contribution in [3.8, 4) is 0 Å². The summed E-state index contributed by atoms with van der Waals surface area (Å²) in [6.45, 7) is 4.16. The van der Waals surface area contributed by atoms with Crippen molar-refractivity contribution >= 4 is 26.7 Å². The Hall–Kier alpha value is -0.190. The lowest BCUT2D eigenvalue weighted by Gasteiger charge is -2.22. The predicted molar refractivity (Wildman–Crippen MR) is 77.5 cm³/mol. The molecule has 0 amide bonds. The average molecular weight is 318 g/mol. The summed E-state index contributed by atoms with van der Waals surface area (Å²) < 4.78 is 13.4. The fraction of sp³-hybridized carbons (Fsp3) is 0.538. The Bertz CT molecular complexity index is 383. The Balaban J connectivity index is 2.90. The minimum atomic E-state index is -1.04. The predicted octanol–water partition coefficient (Wildman–Crippen LogP) is 3.46. The van der Waals surface area contributed by atoms with Crippen LogP contribution in [0.25, 0.3) is 0 Å². The first-order valence-electron chi connectivity index (χ1n) is 6.02. The second kappa shape index (κ2) is 7.29. The molecule has 3 unspecified atom stereocenters. The van der Waals surface area contributed by atoms with Crippen LogP contribution in [0.15, 0.2) is 33.6 Å². The Morgan fingerprint density at radius 2 is 2.00 bits per heavy atom. The van der Waals surface area contributed by atoms with E-state index >= 15 is 0 Å². The van der Waals surface area contributed by atoms with Crippen LogP contribution in [0.5, 0.6) is 0 Å². The van der Waals surface area contributed by atoms with Crippen molar-refractivity contribution in [1.29, 1.82) is 0 Å². The van der Waals surface area contributed by atoms with Crippen LogP contribution in [0.2, 0.25) is 0 Å². The highest BCUT2D eigenvalue weighted by Crippen LogP contribution is 2.24. The third-order valence-electron chi connectivity index (χ3n) is 2.83. The molecular weight excluding hydrogens is 298 g/mol. The number of hydrogen-bond acceptors (Lipinski definition) is 2. The minimum Gasteiger partial charge on any atom is -0.327 e. The summed E-state index contributed by atoms with van der Waals surface area (Å²) in [4.78, 5) is 0.853. The summed E-state index contributed by atoms with van der Waals surface area (Å²) in [7, 11) is -1.04. The lowest BCUT2D eigenvalue weighted by atomic mass is 10.1. The maximum atomic E-state index is 12.5. The van der Waals surface area contributed by atoms with Gasteiger partial charge in [0.1, 0.15) is 0 Å². The molecule has 0 aliphatic carbocycles. The van der Waals surface area contributed by atoms with Crippen LogP contribution in [0.1, 0.15) is 33.1 Å². The minimum absolute atomic E-state index is 0.0120. The van der Waals surface area contributed by atoms with Gasteiger partial charge >= 0.3 is 0 Å². The van der Waals surface area contributed by atoms with Gasteiger partial charge in [-0.05, 0) is 40.9 Å². The third-order valence-corrected chi connectivity index (χ3v) is 5.81. The Morgan fingerprint density at radius 3 is 2.53 bits per heavy atom. The number of nitrogens with two attached hydrogens (primary N) is 1. The quantitative estimate of drug-likeness (QED) is 0.873. The largest absolute Gasteiger partial charge is 0.327 e. The lowest BCUT2D eigenvalue weighted by molar-refractivity contribution is 0.549. The molecule has 0 spiro atoms. The third kappa shape index (κ3) is 3.90. The zero-order valence-corrected chi connectivity index (χ0v) is 12.8. The van der Waals surface area contributed by atoms with Gasteiger partial charge in [0.15, 0.2) is 0 Å². The van der Waals surface area contributed by atoms with Gasteiger partial charge in [0.25, 0.3) is 0 Å². The first kappa shape index (κ1) is 14.9. The van der Waals surface area contributed by atoms with Crippen LogP contribution in [-0.4, -0.2) is 15.5 Å². The second-order valence-corrected chi connectivity index (χ2v) is 6.62. The zero-order chi connectivity index (χ0) is 12.8. The van der Waals surface area contributed by atoms with E-state index in [-0.39, 0.29) is 11.3 Å². The van der Waals surface area contributed by atoms with Crippen molar-refractivity contribution in [3.63, 3.8) is 0 Å². The second-order valence-electron chi connectivity index (χ2n) is 4.13. The van der Waals surface area contributed by atoms with Gasteiger partial charge in [-0.15, -0.1) is 0 Å². The molecule has 0 heterocycles. The number of halogens is 1. The Labute approximate surface area is 115 Å². The molecule has 1 aromatic rings. The molecule has 1 aromatic carbocycles. The number of rotatable bonds is 6. The van der Waals surface area contributed by atoms with E-state index in [2.05, 4.69) is 29.8 Å². The summed E-state index contributed by atoms with van der Waals surface area (Å²) in [5, 5.41) is 0.0358. The average Bonchev–Trinajstić information content (AvgIpc) is 2.30. The van der Waals surface area contributed by atoms with Crippen molar-refractivity contribution in [2.45, 2.75) is 49.3 Å². The van der Waals surface area contributed by atoms with E-state index < -0.39 is 10.8 Å². The van der Waals surface area contributed by atoms with Gasteiger partial charge in [-0.25, -0.2) is 0 Å². The summed E-state index contributed by atoms with van der Waals surface area (Å²) in [5.41, 5.74) is 6.12. The van der Waals surface area contributed by atoms with Crippen molar-refractivity contribution in [2.75, 3.05) is 0 Å². The molecule has 2 N–H and O–H groups in total. The van der Waals surface area contributed by atoms with E-state index in [1.807, 2.05) is 24.3 Å². The molecule has 0 aliphatic heterocycles. The highest BCUT2D eigenvalue weighted by molar-refractivity contribution is 9.10. The van der Waals surface area contributed by atoms with E-state index in [1.165, 1.54) is 0 Å². The lowest BCUT2D eigenvalue weighted by Crippen LogP contribution is -2.37. The smallest absolute Gasteiger partial charge is 0.0587 e. The van der Waals surface area contributed by atoms with Gasteiger partial charge in [0.2, 0.25) is 0 Å². The zero-order valence-electron chi connectivity index (χ0n) is 10.4. The Morgan fingerprint density at radius 1 is 1.35 bits per heavy atom. The molecule has 0 saturated heterocycles. The molecular formula is C13H20BrNOS. The highest BCUT2D eigenvalue weighted by Gasteiger charge is 2.24. The number of benzene rings is 1. The SMILES string of the molecule is CCCC(N)C(CC)S(=O)c1ccccc1Br. The molecule has 1 rings (SSSR count).